The molecule has 3 aliphatic carbocycles. The van der Waals surface area contributed by atoms with Gasteiger partial charge in [-0.2, -0.15) is 0 Å². The van der Waals surface area contributed by atoms with Gasteiger partial charge in [-0.1, -0.05) is 32.9 Å². The molecule has 2 saturated carbocycles. The number of carbonyl (C=O) groups excluding carboxylic acids is 1. The Hall–Kier alpha value is -0.890. The minimum absolute atomic E-state index is 0.157. The highest BCUT2D eigenvalue weighted by atomic mass is 16.3. The summed E-state index contributed by atoms with van der Waals surface area (Å²) in [6, 6.07) is 0. The summed E-state index contributed by atoms with van der Waals surface area (Å²) in [6.45, 7) is 11.0. The summed E-state index contributed by atoms with van der Waals surface area (Å²) >= 11 is 0. The zero-order valence-electron chi connectivity index (χ0n) is 14.3. The minimum atomic E-state index is -0.178. The number of fused-ring (bicyclic) bond motifs is 3. The summed E-state index contributed by atoms with van der Waals surface area (Å²) in [5, 5.41) is 9.64. The van der Waals surface area contributed by atoms with E-state index in [2.05, 4.69) is 33.4 Å². The van der Waals surface area contributed by atoms with Crippen molar-refractivity contribution in [1.82, 2.24) is 0 Å². The number of aliphatic hydroxyl groups is 1. The van der Waals surface area contributed by atoms with E-state index >= 15 is 0 Å². The molecule has 0 saturated heterocycles. The zero-order chi connectivity index (χ0) is 16.1. The molecule has 3 aliphatic rings. The number of hydrogen-bond donors (Lipinski definition) is 1. The van der Waals surface area contributed by atoms with E-state index in [0.29, 0.717) is 29.5 Å². The third kappa shape index (κ3) is 2.06. The molecule has 0 aromatic heterocycles. The summed E-state index contributed by atoms with van der Waals surface area (Å²) in [5.41, 5.74) is 1.23. The van der Waals surface area contributed by atoms with Crippen LogP contribution < -0.4 is 0 Å². The number of ketones is 1. The fourth-order valence-corrected chi connectivity index (χ4v) is 6.14. The lowest BCUT2D eigenvalue weighted by atomic mass is 9.43. The van der Waals surface area contributed by atoms with Crippen LogP contribution in [0.25, 0.3) is 0 Å². The second kappa shape index (κ2) is 5.33. The Kier molecular flexibility index (Phi) is 3.87. The van der Waals surface area contributed by atoms with Crippen LogP contribution in [0.5, 0.6) is 0 Å². The summed E-state index contributed by atoms with van der Waals surface area (Å²) in [7, 11) is 0. The van der Waals surface area contributed by atoms with E-state index in [9.17, 15) is 9.90 Å². The van der Waals surface area contributed by atoms with Gasteiger partial charge in [-0.3, -0.25) is 4.79 Å². The Balaban J connectivity index is 1.98. The monoisotopic (exact) mass is 302 g/mol. The average molecular weight is 302 g/mol. The zero-order valence-corrected chi connectivity index (χ0v) is 14.3. The van der Waals surface area contributed by atoms with E-state index in [1.54, 1.807) is 0 Å². The number of aliphatic hydroxyl groups excluding tert-OH is 1. The van der Waals surface area contributed by atoms with E-state index in [4.69, 9.17) is 0 Å². The van der Waals surface area contributed by atoms with Gasteiger partial charge in [0.2, 0.25) is 0 Å². The van der Waals surface area contributed by atoms with Crippen LogP contribution in [0.2, 0.25) is 0 Å². The highest BCUT2D eigenvalue weighted by molar-refractivity contribution is 5.85. The maximum atomic E-state index is 12.4. The van der Waals surface area contributed by atoms with Crippen molar-refractivity contribution in [2.75, 3.05) is 6.61 Å². The van der Waals surface area contributed by atoms with Crippen molar-refractivity contribution in [2.24, 2.45) is 34.5 Å². The van der Waals surface area contributed by atoms with Crippen molar-refractivity contribution < 1.29 is 9.90 Å². The lowest BCUT2D eigenvalue weighted by Gasteiger charge is -2.60. The summed E-state index contributed by atoms with van der Waals surface area (Å²) in [5.74, 6) is 2.49. The third-order valence-corrected chi connectivity index (χ3v) is 7.39. The van der Waals surface area contributed by atoms with Gasteiger partial charge in [0.1, 0.15) is 5.78 Å². The Bertz CT molecular complexity index is 516. The van der Waals surface area contributed by atoms with Gasteiger partial charge in [0.15, 0.2) is 0 Å². The number of Topliss-reactive ketones (excluding diaryl/α,β-unsaturated/α-hetero) is 1. The van der Waals surface area contributed by atoms with Crippen LogP contribution in [-0.4, -0.2) is 17.5 Å². The van der Waals surface area contributed by atoms with Gasteiger partial charge in [-0.15, -0.1) is 6.58 Å². The van der Waals surface area contributed by atoms with E-state index in [0.717, 1.165) is 37.7 Å². The number of carbonyl (C=O) groups is 1. The van der Waals surface area contributed by atoms with Gasteiger partial charge in [0, 0.05) is 17.8 Å². The second-order valence-corrected chi connectivity index (χ2v) is 8.49. The first-order valence-electron chi connectivity index (χ1n) is 8.82. The lowest BCUT2D eigenvalue weighted by molar-refractivity contribution is -0.152. The van der Waals surface area contributed by atoms with E-state index in [-0.39, 0.29) is 17.4 Å². The highest BCUT2D eigenvalue weighted by Gasteiger charge is 2.58. The van der Waals surface area contributed by atoms with Gasteiger partial charge in [-0.25, -0.2) is 0 Å². The van der Waals surface area contributed by atoms with Gasteiger partial charge >= 0.3 is 0 Å². The van der Waals surface area contributed by atoms with Gasteiger partial charge in [-0.05, 0) is 54.4 Å². The topological polar surface area (TPSA) is 37.3 Å². The fourth-order valence-electron chi connectivity index (χ4n) is 6.14. The van der Waals surface area contributed by atoms with E-state index in [1.165, 1.54) is 0 Å². The molecular weight excluding hydrogens is 272 g/mol. The first kappa shape index (κ1) is 16.0. The Morgan fingerprint density at radius 1 is 1.36 bits per heavy atom. The first-order chi connectivity index (χ1) is 10.4. The standard InChI is InChI=1S/C20H30O2/c1-5-14-13(12-21)6-8-16-15(14)7-9-17-19(2,3)18(22)10-11-20(16,17)4/h5-6,14-17,21H,1,7-12H2,2-4H3/t14?,15-,16-,17-,20+/m0/s1. The molecule has 122 valence electrons. The third-order valence-electron chi connectivity index (χ3n) is 7.39. The quantitative estimate of drug-likeness (QED) is 0.778. The van der Waals surface area contributed by atoms with Crippen molar-refractivity contribution in [3.05, 3.63) is 24.3 Å². The van der Waals surface area contributed by atoms with Crippen LogP contribution in [0.4, 0.5) is 0 Å². The molecule has 2 nitrogen and oxygen atoms in total. The number of allylic oxidation sites excluding steroid dienone is 2. The van der Waals surface area contributed by atoms with E-state index < -0.39 is 0 Å². The molecule has 0 spiro atoms. The number of rotatable bonds is 2. The molecule has 0 radical (unpaired) electrons. The fraction of sp³-hybridized carbons (Fsp3) is 0.750. The van der Waals surface area contributed by atoms with Gasteiger partial charge in [0.05, 0.1) is 6.61 Å². The summed E-state index contributed by atoms with van der Waals surface area (Å²) in [4.78, 5) is 12.4. The molecule has 0 aliphatic heterocycles. The molecule has 1 unspecified atom stereocenters. The molecule has 0 amide bonds. The van der Waals surface area contributed by atoms with Crippen LogP contribution >= 0.6 is 0 Å². The molecule has 2 heteroatoms. The Morgan fingerprint density at radius 2 is 2.09 bits per heavy atom. The highest BCUT2D eigenvalue weighted by Crippen LogP contribution is 2.63. The first-order valence-corrected chi connectivity index (χ1v) is 8.82. The maximum Gasteiger partial charge on any atom is 0.138 e. The van der Waals surface area contributed by atoms with Crippen LogP contribution in [0.1, 0.15) is 52.9 Å². The smallest absolute Gasteiger partial charge is 0.138 e. The van der Waals surface area contributed by atoms with Crippen LogP contribution in [0.3, 0.4) is 0 Å². The van der Waals surface area contributed by atoms with E-state index in [1.807, 2.05) is 6.08 Å². The average Bonchev–Trinajstić information content (AvgIpc) is 2.50. The molecule has 2 fully saturated rings. The molecule has 22 heavy (non-hydrogen) atoms. The molecule has 1 N–H and O–H groups in total. The van der Waals surface area contributed by atoms with Crippen molar-refractivity contribution in [3.63, 3.8) is 0 Å². The van der Waals surface area contributed by atoms with Crippen LogP contribution in [0.15, 0.2) is 24.3 Å². The van der Waals surface area contributed by atoms with Crippen molar-refractivity contribution in [1.29, 1.82) is 0 Å². The molecule has 0 aromatic carbocycles. The molecular formula is C20H30O2. The van der Waals surface area contributed by atoms with Crippen molar-refractivity contribution in [2.45, 2.75) is 52.9 Å². The Morgan fingerprint density at radius 3 is 2.73 bits per heavy atom. The molecule has 0 bridgehead atoms. The minimum Gasteiger partial charge on any atom is -0.392 e. The SMILES string of the molecule is C=CC1C(CO)=CC[C@H]2[C@H]1CC[C@H]1C(C)(C)C(=O)CC[C@]21C. The second-order valence-electron chi connectivity index (χ2n) is 8.49. The lowest BCUT2D eigenvalue weighted by Crippen LogP contribution is -2.56. The molecule has 0 aromatic rings. The largest absolute Gasteiger partial charge is 0.392 e. The van der Waals surface area contributed by atoms with Crippen LogP contribution in [0, 0.1) is 34.5 Å². The van der Waals surface area contributed by atoms with Crippen LogP contribution in [-0.2, 0) is 4.79 Å². The van der Waals surface area contributed by atoms with Gasteiger partial charge in [0.25, 0.3) is 0 Å². The predicted molar refractivity (Wildman–Crippen MR) is 89.3 cm³/mol. The summed E-state index contributed by atoms with van der Waals surface area (Å²) in [6.07, 6.45) is 9.43. The number of hydrogen-bond acceptors (Lipinski definition) is 2. The molecule has 0 heterocycles. The van der Waals surface area contributed by atoms with Gasteiger partial charge < -0.3 is 5.11 Å². The molecule has 3 rings (SSSR count). The predicted octanol–water partition coefficient (Wildman–Crippen LogP) is 4.15. The normalized spacial score (nSPS) is 43.8. The maximum absolute atomic E-state index is 12.4. The Labute approximate surface area is 134 Å². The van der Waals surface area contributed by atoms with Crippen molar-refractivity contribution >= 4 is 5.78 Å². The summed E-state index contributed by atoms with van der Waals surface area (Å²) < 4.78 is 0. The molecule has 5 atom stereocenters. The van der Waals surface area contributed by atoms with Crippen molar-refractivity contribution in [3.8, 4) is 0 Å².